The SMILES string of the molecule is COc1ccc(C(O)(c2ccc(O[13CH2][13CH3])cc2)c2ccc(O[13CH2][13CH3])c(CCCCCC(=O)ON3C(=O)CC(S(=O)(=O)O)C3=O)c2)cc1. The van der Waals surface area contributed by atoms with E-state index in [-0.39, 0.29) is 11.5 Å². The minimum atomic E-state index is -4.80. The summed E-state index contributed by atoms with van der Waals surface area (Å²) in [6.45, 7) is 4.73. The second kappa shape index (κ2) is 15.4. The van der Waals surface area contributed by atoms with E-state index in [9.17, 15) is 27.9 Å². The first-order valence-electron chi connectivity index (χ1n) is 15.3. The van der Waals surface area contributed by atoms with Crippen molar-refractivity contribution >= 4 is 27.9 Å². The zero-order chi connectivity index (χ0) is 34.2. The third kappa shape index (κ3) is 8.28. The molecule has 2 amide bonds. The van der Waals surface area contributed by atoms with Crippen LogP contribution in [-0.4, -0.2) is 66.5 Å². The highest BCUT2D eigenvalue weighted by molar-refractivity contribution is 7.87. The van der Waals surface area contributed by atoms with Crippen LogP contribution in [0.3, 0.4) is 0 Å². The molecule has 12 nitrogen and oxygen atoms in total. The Morgan fingerprint density at radius 3 is 2.02 bits per heavy atom. The molecule has 0 radical (unpaired) electrons. The van der Waals surface area contributed by atoms with Gasteiger partial charge >= 0.3 is 5.97 Å². The molecule has 3 aromatic carbocycles. The summed E-state index contributed by atoms with van der Waals surface area (Å²) in [6, 6.07) is 20.1. The number of hydrogen-bond donors (Lipinski definition) is 2. The van der Waals surface area contributed by atoms with E-state index in [1.165, 1.54) is 0 Å². The van der Waals surface area contributed by atoms with Gasteiger partial charge in [0.05, 0.1) is 26.7 Å². The van der Waals surface area contributed by atoms with E-state index in [1.807, 2.05) is 68.4 Å². The summed E-state index contributed by atoms with van der Waals surface area (Å²) in [7, 11) is -3.23. The Morgan fingerprint density at radius 2 is 1.47 bits per heavy atom. The summed E-state index contributed by atoms with van der Waals surface area (Å²) in [4.78, 5) is 41.2. The van der Waals surface area contributed by atoms with Gasteiger partial charge in [0, 0.05) is 6.42 Å². The molecule has 0 saturated carbocycles. The van der Waals surface area contributed by atoms with Crippen LogP contribution in [0.15, 0.2) is 66.7 Å². The highest BCUT2D eigenvalue weighted by Crippen LogP contribution is 2.40. The maximum Gasteiger partial charge on any atom is 0.333 e. The fraction of sp³-hybridized carbons (Fsp3) is 0.382. The van der Waals surface area contributed by atoms with Crippen molar-refractivity contribution < 1.29 is 51.5 Å². The van der Waals surface area contributed by atoms with E-state index in [1.54, 1.807) is 19.2 Å². The predicted octanol–water partition coefficient (Wildman–Crippen LogP) is 4.35. The molecule has 13 heteroatoms. The topological polar surface area (TPSA) is 166 Å². The number of amides is 2. The first kappa shape index (κ1) is 35.4. The van der Waals surface area contributed by atoms with Crippen LogP contribution in [0.25, 0.3) is 0 Å². The molecule has 2 N–H and O–H groups in total. The van der Waals surface area contributed by atoms with Crippen molar-refractivity contribution in [3.05, 3.63) is 89.0 Å². The first-order valence-corrected chi connectivity index (χ1v) is 16.8. The van der Waals surface area contributed by atoms with Gasteiger partial charge in [-0.05, 0) is 91.8 Å². The number of hydroxylamine groups is 2. The van der Waals surface area contributed by atoms with Gasteiger partial charge in [-0.25, -0.2) is 4.79 Å². The number of unbranched alkanes of at least 4 members (excludes halogenated alkanes) is 2. The molecule has 1 saturated heterocycles. The summed E-state index contributed by atoms with van der Waals surface area (Å²) in [5.41, 5.74) is 1.22. The fourth-order valence-electron chi connectivity index (χ4n) is 5.41. The third-order valence-electron chi connectivity index (χ3n) is 7.81. The zero-order valence-corrected chi connectivity index (χ0v) is 27.3. The largest absolute Gasteiger partial charge is 0.497 e. The zero-order valence-electron chi connectivity index (χ0n) is 26.5. The maximum atomic E-state index is 12.5. The molecule has 47 heavy (non-hydrogen) atoms. The summed E-state index contributed by atoms with van der Waals surface area (Å²) < 4.78 is 48.6. The maximum absolute atomic E-state index is 12.5. The summed E-state index contributed by atoms with van der Waals surface area (Å²) in [6.07, 6.45) is 1.20. The van der Waals surface area contributed by atoms with Crippen molar-refractivity contribution in [1.29, 1.82) is 0 Å². The van der Waals surface area contributed by atoms with Gasteiger partial charge in [0.25, 0.3) is 21.9 Å². The van der Waals surface area contributed by atoms with E-state index in [0.29, 0.717) is 72.8 Å². The minimum absolute atomic E-state index is 0.106. The summed E-state index contributed by atoms with van der Waals surface area (Å²) in [5.74, 6) is -1.19. The Bertz CT molecular complexity index is 1670. The number of imide groups is 1. The predicted molar refractivity (Wildman–Crippen MR) is 170 cm³/mol. The minimum Gasteiger partial charge on any atom is -0.497 e. The van der Waals surface area contributed by atoms with Crippen LogP contribution in [0.2, 0.25) is 0 Å². The van der Waals surface area contributed by atoms with E-state index in [0.717, 1.165) is 5.56 Å². The van der Waals surface area contributed by atoms with Crippen molar-refractivity contribution in [2.24, 2.45) is 0 Å². The normalized spacial score (nSPS) is 16.1. The van der Waals surface area contributed by atoms with E-state index >= 15 is 0 Å². The van der Waals surface area contributed by atoms with E-state index < -0.39 is 45.2 Å². The molecule has 0 spiro atoms. The molecule has 0 aliphatic carbocycles. The second-order valence-electron chi connectivity index (χ2n) is 10.9. The average molecular weight is 674 g/mol. The lowest BCUT2D eigenvalue weighted by Gasteiger charge is -2.31. The van der Waals surface area contributed by atoms with Crippen LogP contribution in [0, 0.1) is 0 Å². The molecule has 1 fully saturated rings. The van der Waals surface area contributed by atoms with Crippen LogP contribution >= 0.6 is 0 Å². The quantitative estimate of drug-likeness (QED) is 0.0730. The Kier molecular flexibility index (Phi) is 11.6. The van der Waals surface area contributed by atoms with Crippen molar-refractivity contribution in [1.82, 2.24) is 5.06 Å². The smallest absolute Gasteiger partial charge is 0.333 e. The van der Waals surface area contributed by atoms with Crippen LogP contribution in [0.4, 0.5) is 0 Å². The molecule has 1 heterocycles. The first-order chi connectivity index (χ1) is 22.4. The lowest BCUT2D eigenvalue weighted by Crippen LogP contribution is -2.36. The van der Waals surface area contributed by atoms with Gasteiger partial charge in [0.2, 0.25) is 0 Å². The highest BCUT2D eigenvalue weighted by Gasteiger charge is 2.48. The molecule has 0 bridgehead atoms. The molecular formula is C34H39NO11S. The molecule has 2 atom stereocenters. The Morgan fingerprint density at radius 1 is 0.872 bits per heavy atom. The number of ether oxygens (including phenoxy) is 3. The van der Waals surface area contributed by atoms with Gasteiger partial charge in [-0.15, -0.1) is 5.06 Å². The van der Waals surface area contributed by atoms with Gasteiger partial charge in [0.1, 0.15) is 22.8 Å². The van der Waals surface area contributed by atoms with E-state index in [4.69, 9.17) is 23.6 Å². The third-order valence-corrected chi connectivity index (χ3v) is 8.90. The van der Waals surface area contributed by atoms with Gasteiger partial charge < -0.3 is 24.2 Å². The number of hydrogen-bond acceptors (Lipinski definition) is 10. The molecule has 1 aliphatic rings. The van der Waals surface area contributed by atoms with Crippen molar-refractivity contribution in [3.63, 3.8) is 0 Å². The second-order valence-corrected chi connectivity index (χ2v) is 12.5. The van der Waals surface area contributed by atoms with Gasteiger partial charge in [-0.2, -0.15) is 8.42 Å². The lowest BCUT2D eigenvalue weighted by atomic mass is 9.79. The number of nitrogens with zero attached hydrogens (tertiary/aromatic N) is 1. The molecule has 3 aromatic rings. The number of aliphatic hydroxyl groups is 1. The van der Waals surface area contributed by atoms with Crippen LogP contribution in [0.1, 0.15) is 68.2 Å². The monoisotopic (exact) mass is 673 g/mol. The van der Waals surface area contributed by atoms with Crippen LogP contribution < -0.4 is 14.2 Å². The van der Waals surface area contributed by atoms with Crippen LogP contribution in [-0.2, 0) is 41.4 Å². The fourth-order valence-corrected chi connectivity index (χ4v) is 6.11. The van der Waals surface area contributed by atoms with Gasteiger partial charge in [-0.3, -0.25) is 14.1 Å². The lowest BCUT2D eigenvalue weighted by molar-refractivity contribution is -0.197. The Labute approximate surface area is 273 Å². The number of rotatable bonds is 16. The number of carbonyl (C=O) groups is 3. The average Bonchev–Trinajstić information content (AvgIpc) is 3.34. The number of aryl methyl sites for hydroxylation is 1. The van der Waals surface area contributed by atoms with Gasteiger partial charge in [-0.1, -0.05) is 36.8 Å². The summed E-state index contributed by atoms with van der Waals surface area (Å²) >= 11 is 0. The number of benzene rings is 3. The molecule has 0 aromatic heterocycles. The van der Waals surface area contributed by atoms with E-state index in [2.05, 4.69) is 0 Å². The molecular weight excluding hydrogens is 634 g/mol. The van der Waals surface area contributed by atoms with Gasteiger partial charge in [0.15, 0.2) is 5.25 Å². The van der Waals surface area contributed by atoms with Crippen molar-refractivity contribution in [2.75, 3.05) is 20.3 Å². The Hall–Kier alpha value is -4.46. The molecule has 4 rings (SSSR count). The standard InChI is InChI=1S/C34H39NO11S/c1-4-44-28-18-13-25(14-19-28)34(39,24-11-16-27(43-3)17-12-24)26-15-20-29(45-5-2)23(21-26)9-7-6-8-10-32(37)46-35-31(36)22-30(33(35)38)47(40,41)42/h11-21,30,39H,4-10,22H2,1-3H3,(H,40,41,42)/i1+1,2+1,4+1,5+1. The summed E-state index contributed by atoms with van der Waals surface area (Å²) in [5, 5.41) is 10.6. The van der Waals surface area contributed by atoms with Crippen molar-refractivity contribution in [3.8, 4) is 17.2 Å². The molecule has 2 unspecified atom stereocenters. The molecule has 1 aliphatic heterocycles. The Balaban J connectivity index is 1.48. The van der Waals surface area contributed by atoms with Crippen molar-refractivity contribution in [2.45, 2.75) is 63.2 Å². The van der Waals surface area contributed by atoms with Crippen LogP contribution in [0.5, 0.6) is 17.2 Å². The number of carbonyl (C=O) groups excluding carboxylic acids is 3. The molecule has 252 valence electrons. The highest BCUT2D eigenvalue weighted by atomic mass is 32.2. The number of methoxy groups -OCH3 is 1.